The number of sulfonamides is 1. The lowest BCUT2D eigenvalue weighted by Crippen LogP contribution is -2.38. The van der Waals surface area contributed by atoms with E-state index in [-0.39, 0.29) is 53.7 Å². The Hall–Kier alpha value is -2.46. The summed E-state index contributed by atoms with van der Waals surface area (Å²) in [5.74, 6) is 1.10. The largest absolute Gasteiger partial charge is 0.489 e. The zero-order valence-corrected chi connectivity index (χ0v) is 23.0. The molecule has 1 aromatic heterocycles. The molecule has 10 heteroatoms. The maximum Gasteiger partial charge on any atom is 0.232 e. The number of nitrogens with zero attached hydrogens (tertiary/aromatic N) is 3. The standard InChI is InChI=1S/C25H30N4O4S.BrH/c1-25(2,3)18-11-17(12-20-23(18)33-10-9-29(20)34(4,31)32)21(30)14-28-13-16-7-8-19(15-5-6-15)27-22(16)24(28)26;/h7-8,11-12,15,26H,5-6,9-10,13-14H2,1-4H3;1H. The van der Waals surface area contributed by atoms with Crippen LogP contribution < -0.4 is 9.04 Å². The maximum absolute atomic E-state index is 13.4. The average molecular weight is 564 g/mol. The number of fused-ring (bicyclic) bond motifs is 2. The minimum absolute atomic E-state index is 0. The topological polar surface area (TPSA) is 104 Å². The summed E-state index contributed by atoms with van der Waals surface area (Å²) in [7, 11) is -3.53. The van der Waals surface area contributed by atoms with Crippen molar-refractivity contribution >= 4 is 44.3 Å². The average Bonchev–Trinajstić information content (AvgIpc) is 3.57. The Morgan fingerprint density at radius 2 is 1.94 bits per heavy atom. The molecule has 0 saturated heterocycles. The lowest BCUT2D eigenvalue weighted by Gasteiger charge is -2.34. The second kappa shape index (κ2) is 8.89. The molecular formula is C25H31BrN4O4S. The molecule has 2 aromatic rings. The summed E-state index contributed by atoms with van der Waals surface area (Å²) in [6.45, 7) is 6.98. The van der Waals surface area contributed by atoms with E-state index in [1.165, 1.54) is 10.6 Å². The normalized spacial score (nSPS) is 17.4. The van der Waals surface area contributed by atoms with E-state index >= 15 is 0 Å². The number of amidine groups is 1. The molecule has 3 heterocycles. The number of halogens is 1. The van der Waals surface area contributed by atoms with Crippen LogP contribution in [0.15, 0.2) is 24.3 Å². The Labute approximate surface area is 217 Å². The summed E-state index contributed by atoms with van der Waals surface area (Å²) in [6, 6.07) is 7.48. The van der Waals surface area contributed by atoms with Crippen LogP contribution in [-0.4, -0.2) is 55.9 Å². The van der Waals surface area contributed by atoms with Gasteiger partial charge in [0.05, 0.1) is 25.0 Å². The van der Waals surface area contributed by atoms with Gasteiger partial charge >= 0.3 is 0 Å². The van der Waals surface area contributed by atoms with Gasteiger partial charge in [-0.15, -0.1) is 17.0 Å². The van der Waals surface area contributed by atoms with Crippen LogP contribution in [-0.2, 0) is 22.0 Å². The first-order chi connectivity index (χ1) is 15.9. The SMILES string of the molecule is Br.CC(C)(C)c1cc(C(=O)CN2Cc3ccc(C4CC4)nc3C2=N)cc2c1OCCN2S(C)(=O)=O. The lowest BCUT2D eigenvalue weighted by atomic mass is 9.84. The smallest absolute Gasteiger partial charge is 0.232 e. The molecule has 0 atom stereocenters. The maximum atomic E-state index is 13.4. The van der Waals surface area contributed by atoms with Crippen molar-refractivity contribution in [2.45, 2.75) is 51.5 Å². The molecule has 1 N–H and O–H groups in total. The third kappa shape index (κ3) is 4.82. The van der Waals surface area contributed by atoms with E-state index in [1.54, 1.807) is 11.0 Å². The predicted octanol–water partition coefficient (Wildman–Crippen LogP) is 4.02. The van der Waals surface area contributed by atoms with Crippen LogP contribution in [0.1, 0.15) is 72.4 Å². The Kier molecular flexibility index (Phi) is 6.51. The number of Topliss-reactive ketones (excluding diaryl/α,β-unsaturated/α-hetero) is 1. The molecule has 188 valence electrons. The molecule has 0 radical (unpaired) electrons. The summed E-state index contributed by atoms with van der Waals surface area (Å²) in [5, 5.41) is 8.61. The number of hydrogen-bond acceptors (Lipinski definition) is 6. The van der Waals surface area contributed by atoms with Crippen molar-refractivity contribution in [1.82, 2.24) is 9.88 Å². The minimum atomic E-state index is -3.53. The molecular weight excluding hydrogens is 532 g/mol. The van der Waals surface area contributed by atoms with Gasteiger partial charge < -0.3 is 9.64 Å². The number of rotatable bonds is 5. The van der Waals surface area contributed by atoms with E-state index in [9.17, 15) is 13.2 Å². The third-order valence-corrected chi connectivity index (χ3v) is 7.82. The van der Waals surface area contributed by atoms with Crippen molar-refractivity contribution in [2.24, 2.45) is 0 Å². The van der Waals surface area contributed by atoms with Crippen LogP contribution in [0.5, 0.6) is 5.75 Å². The van der Waals surface area contributed by atoms with E-state index in [0.717, 1.165) is 29.7 Å². The van der Waals surface area contributed by atoms with Gasteiger partial charge in [-0.25, -0.2) is 13.4 Å². The molecule has 1 aromatic carbocycles. The quantitative estimate of drug-likeness (QED) is 0.552. The molecule has 1 fully saturated rings. The molecule has 3 aliphatic rings. The van der Waals surface area contributed by atoms with Gasteiger partial charge in [0.25, 0.3) is 0 Å². The second-order valence-corrected chi connectivity index (χ2v) is 12.4. The molecule has 2 aliphatic heterocycles. The fourth-order valence-corrected chi connectivity index (χ4v) is 5.54. The zero-order valence-electron chi connectivity index (χ0n) is 20.4. The van der Waals surface area contributed by atoms with Gasteiger partial charge in [0.15, 0.2) is 5.78 Å². The van der Waals surface area contributed by atoms with Gasteiger partial charge in [0.2, 0.25) is 10.0 Å². The fraction of sp³-hybridized carbons (Fsp3) is 0.480. The van der Waals surface area contributed by atoms with E-state index < -0.39 is 10.0 Å². The number of benzene rings is 1. The summed E-state index contributed by atoms with van der Waals surface area (Å²) < 4.78 is 32.1. The molecule has 5 rings (SSSR count). The van der Waals surface area contributed by atoms with Gasteiger partial charge in [-0.2, -0.15) is 0 Å². The van der Waals surface area contributed by atoms with E-state index in [4.69, 9.17) is 15.1 Å². The highest BCUT2D eigenvalue weighted by atomic mass is 79.9. The van der Waals surface area contributed by atoms with E-state index in [1.807, 2.05) is 39.0 Å². The molecule has 0 amide bonds. The van der Waals surface area contributed by atoms with Crippen LogP contribution in [0.3, 0.4) is 0 Å². The number of ether oxygens (including phenoxy) is 1. The summed E-state index contributed by atoms with van der Waals surface area (Å²) >= 11 is 0. The Balaban J connectivity index is 0.00000289. The number of nitrogens with one attached hydrogen (secondary N) is 1. The van der Waals surface area contributed by atoms with Crippen molar-refractivity contribution in [3.05, 3.63) is 52.3 Å². The first kappa shape index (κ1) is 25.6. The minimum Gasteiger partial charge on any atom is -0.489 e. The summed E-state index contributed by atoms with van der Waals surface area (Å²) in [4.78, 5) is 19.9. The highest BCUT2D eigenvalue weighted by Crippen LogP contribution is 2.43. The van der Waals surface area contributed by atoms with Crippen molar-refractivity contribution < 1.29 is 17.9 Å². The number of hydrogen-bond donors (Lipinski definition) is 1. The van der Waals surface area contributed by atoms with Crippen LogP contribution in [0.25, 0.3) is 0 Å². The highest BCUT2D eigenvalue weighted by molar-refractivity contribution is 8.93. The summed E-state index contributed by atoms with van der Waals surface area (Å²) in [6.07, 6.45) is 3.45. The molecule has 1 aliphatic carbocycles. The molecule has 0 unspecified atom stereocenters. The van der Waals surface area contributed by atoms with Crippen molar-refractivity contribution in [3.63, 3.8) is 0 Å². The van der Waals surface area contributed by atoms with Crippen LogP contribution in [0.2, 0.25) is 0 Å². The van der Waals surface area contributed by atoms with E-state index in [0.29, 0.717) is 35.2 Å². The molecule has 0 spiro atoms. The first-order valence-corrected chi connectivity index (χ1v) is 13.4. The Morgan fingerprint density at radius 3 is 2.57 bits per heavy atom. The summed E-state index contributed by atoms with van der Waals surface area (Å²) in [5.41, 5.74) is 3.90. The van der Waals surface area contributed by atoms with Crippen molar-refractivity contribution in [2.75, 3.05) is 30.3 Å². The Morgan fingerprint density at radius 1 is 1.23 bits per heavy atom. The van der Waals surface area contributed by atoms with Crippen LogP contribution in [0.4, 0.5) is 5.69 Å². The highest BCUT2D eigenvalue weighted by Gasteiger charge is 2.34. The number of carbonyl (C=O) groups is 1. The number of anilines is 1. The first-order valence-electron chi connectivity index (χ1n) is 11.6. The van der Waals surface area contributed by atoms with Crippen LogP contribution in [0, 0.1) is 5.41 Å². The van der Waals surface area contributed by atoms with Gasteiger partial charge in [-0.05, 0) is 36.5 Å². The monoisotopic (exact) mass is 562 g/mol. The number of pyridine rings is 1. The van der Waals surface area contributed by atoms with Gasteiger partial charge in [0.1, 0.15) is 23.9 Å². The zero-order chi connectivity index (χ0) is 24.4. The second-order valence-electron chi connectivity index (χ2n) is 10.5. The van der Waals surface area contributed by atoms with Gasteiger partial charge in [-0.1, -0.05) is 26.8 Å². The van der Waals surface area contributed by atoms with Gasteiger partial charge in [-0.3, -0.25) is 14.5 Å². The Bertz CT molecular complexity index is 1320. The third-order valence-electron chi connectivity index (χ3n) is 6.64. The number of aromatic nitrogens is 1. The number of carbonyl (C=O) groups excluding carboxylic acids is 1. The fourth-order valence-electron chi connectivity index (χ4n) is 4.64. The van der Waals surface area contributed by atoms with Crippen molar-refractivity contribution in [1.29, 1.82) is 5.41 Å². The van der Waals surface area contributed by atoms with Crippen molar-refractivity contribution in [3.8, 4) is 5.75 Å². The van der Waals surface area contributed by atoms with E-state index in [2.05, 4.69) is 0 Å². The molecule has 35 heavy (non-hydrogen) atoms. The van der Waals surface area contributed by atoms with Gasteiger partial charge in [0, 0.05) is 34.8 Å². The number of ketones is 1. The predicted molar refractivity (Wildman–Crippen MR) is 141 cm³/mol. The molecule has 8 nitrogen and oxygen atoms in total. The van der Waals surface area contributed by atoms with Crippen LogP contribution >= 0.6 is 17.0 Å². The lowest BCUT2D eigenvalue weighted by molar-refractivity contribution is 0.0962. The molecule has 1 saturated carbocycles. The molecule has 0 bridgehead atoms.